The molecule has 0 radical (unpaired) electrons. The lowest BCUT2D eigenvalue weighted by atomic mass is 9.89. The normalized spacial score (nSPS) is 29.2. The molecule has 2 aromatic carbocycles. The largest absolute Gasteiger partial charge is 0.467 e. The van der Waals surface area contributed by atoms with Crippen LogP contribution < -0.4 is 0 Å². The molecule has 0 spiro atoms. The van der Waals surface area contributed by atoms with Crippen molar-refractivity contribution in [3.63, 3.8) is 0 Å². The number of hydrogen-bond donors (Lipinski definition) is 0. The Kier molecular flexibility index (Phi) is 15.5. The van der Waals surface area contributed by atoms with Crippen LogP contribution in [0.4, 0.5) is 0 Å². The van der Waals surface area contributed by atoms with E-state index in [0.717, 1.165) is 39.2 Å². The van der Waals surface area contributed by atoms with E-state index in [4.69, 9.17) is 51.6 Å². The highest BCUT2D eigenvalue weighted by Crippen LogP contribution is 2.37. The van der Waals surface area contributed by atoms with Crippen molar-refractivity contribution < 1.29 is 74.4 Å². The van der Waals surface area contributed by atoms with E-state index < -0.39 is 95.0 Å². The number of benzene rings is 2. The molecule has 0 bridgehead atoms. The van der Waals surface area contributed by atoms with Crippen molar-refractivity contribution in [1.82, 2.24) is 0 Å². The minimum absolute atomic E-state index is 0.0381. The van der Waals surface area contributed by atoms with Crippen LogP contribution in [0.15, 0.2) is 60.7 Å². The molecule has 17 heteroatoms. The molecule has 52 heavy (non-hydrogen) atoms. The fraction of sp³-hybridized carbons (Fsp3) is 0.571. The summed E-state index contributed by atoms with van der Waals surface area (Å²) in [5, 5.41) is 0. The van der Waals surface area contributed by atoms with Gasteiger partial charge in [-0.2, -0.15) is 8.42 Å². The first-order chi connectivity index (χ1) is 24.9. The van der Waals surface area contributed by atoms with Gasteiger partial charge in [-0.1, -0.05) is 60.7 Å². The van der Waals surface area contributed by atoms with E-state index >= 15 is 0 Å². The van der Waals surface area contributed by atoms with Crippen LogP contribution in [-0.4, -0.2) is 122 Å². The van der Waals surface area contributed by atoms with Crippen molar-refractivity contribution in [3.8, 4) is 0 Å². The molecule has 2 aliphatic heterocycles. The number of hydrogen-bond acceptors (Lipinski definition) is 16. The summed E-state index contributed by atoms with van der Waals surface area (Å²) in [4.78, 5) is 37.6. The Bertz CT molecular complexity index is 1540. The summed E-state index contributed by atoms with van der Waals surface area (Å²) in [5.41, 5.74) is 1.63. The molecule has 16 nitrogen and oxygen atoms in total. The van der Waals surface area contributed by atoms with Crippen LogP contribution in [0.1, 0.15) is 25.0 Å². The molecular formula is C35H46O16S. The molecular weight excluding hydrogens is 708 g/mol. The highest BCUT2D eigenvalue weighted by molar-refractivity contribution is 7.86. The number of esters is 3. The van der Waals surface area contributed by atoms with Gasteiger partial charge < -0.3 is 47.4 Å². The number of methoxy groups -OCH3 is 3. The molecule has 10 atom stereocenters. The molecule has 0 saturated carbocycles. The Morgan fingerprint density at radius 2 is 1.29 bits per heavy atom. The van der Waals surface area contributed by atoms with E-state index in [1.165, 1.54) is 14.2 Å². The van der Waals surface area contributed by atoms with Crippen molar-refractivity contribution in [2.75, 3.05) is 40.8 Å². The van der Waals surface area contributed by atoms with Gasteiger partial charge in [0, 0.05) is 34.0 Å². The molecule has 288 valence electrons. The molecule has 0 aromatic heterocycles. The second-order valence-electron chi connectivity index (χ2n) is 12.0. The number of rotatable bonds is 17. The maximum absolute atomic E-state index is 13.2. The maximum Gasteiger partial charge on any atom is 0.339 e. The van der Waals surface area contributed by atoms with Crippen LogP contribution in [0.5, 0.6) is 0 Å². The summed E-state index contributed by atoms with van der Waals surface area (Å²) < 4.78 is 89.9. The predicted molar refractivity (Wildman–Crippen MR) is 179 cm³/mol. The van der Waals surface area contributed by atoms with Crippen LogP contribution in [0.3, 0.4) is 0 Å². The van der Waals surface area contributed by atoms with Crippen molar-refractivity contribution in [1.29, 1.82) is 0 Å². The minimum Gasteiger partial charge on any atom is -0.467 e. The monoisotopic (exact) mass is 754 g/mol. The van der Waals surface area contributed by atoms with Crippen molar-refractivity contribution in [2.24, 2.45) is 5.92 Å². The first-order valence-electron chi connectivity index (χ1n) is 16.4. The van der Waals surface area contributed by atoms with Gasteiger partial charge in [-0.05, 0) is 11.1 Å². The first-order valence-corrected chi connectivity index (χ1v) is 18.0. The van der Waals surface area contributed by atoms with Gasteiger partial charge in [0.2, 0.25) is 0 Å². The summed E-state index contributed by atoms with van der Waals surface area (Å²) >= 11 is 0. The number of carbonyl (C=O) groups excluding carboxylic acids is 3. The van der Waals surface area contributed by atoms with E-state index in [0.29, 0.717) is 0 Å². The van der Waals surface area contributed by atoms with Crippen LogP contribution in [0.2, 0.25) is 0 Å². The topological polar surface area (TPSA) is 187 Å². The van der Waals surface area contributed by atoms with E-state index in [1.54, 1.807) is 0 Å². The molecule has 0 amide bonds. The highest BCUT2D eigenvalue weighted by atomic mass is 32.2. The minimum atomic E-state index is -4.22. The smallest absolute Gasteiger partial charge is 0.339 e. The standard InChI is InChI=1S/C35H46O16S/c1-21(36)47-30-29(41-3)32(48-22(2)37)35(51-31(30)33(38)42-4)50-27-25(20-52(39,40)44-6)28(46-18-24-15-11-8-12-16-24)34(43-5)49-26(27)19-45-17-23-13-9-7-10-14-23/h7-16,25-32,34-35H,17-20H2,1-6H3/t25-,26+,27-,28+,29-,30-,31+,32+,34-,35+/m0/s1. The van der Waals surface area contributed by atoms with E-state index in [9.17, 15) is 22.8 Å². The van der Waals surface area contributed by atoms with E-state index in [2.05, 4.69) is 0 Å². The Hall–Kier alpha value is -3.52. The van der Waals surface area contributed by atoms with Gasteiger partial charge in [0.15, 0.2) is 30.9 Å². The molecule has 2 aliphatic rings. The molecule has 4 rings (SSSR count). The second kappa shape index (κ2) is 19.5. The van der Waals surface area contributed by atoms with Gasteiger partial charge in [0.1, 0.15) is 18.3 Å². The molecule has 0 unspecified atom stereocenters. The van der Waals surface area contributed by atoms with Crippen LogP contribution in [0.25, 0.3) is 0 Å². The summed E-state index contributed by atoms with van der Waals surface area (Å²) in [6.07, 6.45) is -12.0. The molecule has 2 aromatic rings. The fourth-order valence-electron chi connectivity index (χ4n) is 6.12. The highest BCUT2D eigenvalue weighted by Gasteiger charge is 2.57. The van der Waals surface area contributed by atoms with Crippen molar-refractivity contribution in [3.05, 3.63) is 71.8 Å². The van der Waals surface area contributed by atoms with E-state index in [-0.39, 0.29) is 19.8 Å². The Labute approximate surface area is 302 Å². The average molecular weight is 755 g/mol. The molecule has 0 aliphatic carbocycles. The van der Waals surface area contributed by atoms with Crippen molar-refractivity contribution >= 4 is 28.0 Å². The van der Waals surface area contributed by atoms with Crippen LogP contribution in [-0.2, 0) is 89.3 Å². The lowest BCUT2D eigenvalue weighted by Crippen LogP contribution is -2.66. The third-order valence-corrected chi connectivity index (χ3v) is 9.75. The maximum atomic E-state index is 13.2. The van der Waals surface area contributed by atoms with E-state index in [1.807, 2.05) is 60.7 Å². The third kappa shape index (κ3) is 11.0. The van der Waals surface area contributed by atoms with Gasteiger partial charge in [0.25, 0.3) is 10.1 Å². The summed E-state index contributed by atoms with van der Waals surface area (Å²) in [6.45, 7) is 2.30. The van der Waals surface area contributed by atoms with Gasteiger partial charge in [-0.25, -0.2) is 4.79 Å². The average Bonchev–Trinajstić information content (AvgIpc) is 3.13. The molecule has 2 heterocycles. The summed E-state index contributed by atoms with van der Waals surface area (Å²) in [5.74, 6) is -4.28. The number of ether oxygens (including phenoxy) is 10. The third-order valence-electron chi connectivity index (χ3n) is 8.45. The van der Waals surface area contributed by atoms with Crippen molar-refractivity contribution in [2.45, 2.75) is 82.4 Å². The van der Waals surface area contributed by atoms with Gasteiger partial charge in [-0.3, -0.25) is 13.8 Å². The summed E-state index contributed by atoms with van der Waals surface area (Å²) in [6, 6.07) is 18.5. The number of carbonyl (C=O) groups is 3. The quantitative estimate of drug-likeness (QED) is 0.129. The fourth-order valence-corrected chi connectivity index (χ4v) is 7.11. The van der Waals surface area contributed by atoms with Crippen LogP contribution >= 0.6 is 0 Å². The van der Waals surface area contributed by atoms with Gasteiger partial charge >= 0.3 is 17.9 Å². The van der Waals surface area contributed by atoms with Crippen LogP contribution in [0, 0.1) is 5.92 Å². The molecule has 0 N–H and O–H groups in total. The molecule has 2 fully saturated rings. The SMILES string of the molecule is COC(=O)[C@@H]1O[C@@H](O[C@H]2[C@H](CS(=O)(=O)OC)[C@@H](OCc3ccccc3)[C@@H](OC)O[C@@H]2COCc2ccccc2)[C@H](OC(C)=O)[C@@H](OC)[C@@H]1OC(C)=O. The summed E-state index contributed by atoms with van der Waals surface area (Å²) in [7, 11) is 0.547. The Morgan fingerprint density at radius 3 is 1.83 bits per heavy atom. The Balaban J connectivity index is 1.78. The zero-order valence-corrected chi connectivity index (χ0v) is 30.6. The zero-order valence-electron chi connectivity index (χ0n) is 29.8. The predicted octanol–water partition coefficient (Wildman–Crippen LogP) is 1.91. The van der Waals surface area contributed by atoms with Gasteiger partial charge in [0.05, 0.1) is 45.9 Å². The second-order valence-corrected chi connectivity index (χ2v) is 13.8. The Morgan fingerprint density at radius 1 is 0.692 bits per heavy atom. The van der Waals surface area contributed by atoms with Gasteiger partial charge in [-0.15, -0.1) is 0 Å². The first kappa shape index (κ1) is 41.2. The zero-order chi connectivity index (χ0) is 37.8. The lowest BCUT2D eigenvalue weighted by Gasteiger charge is -2.49. The lowest BCUT2D eigenvalue weighted by molar-refractivity contribution is -0.352. The molecule has 2 saturated heterocycles.